The number of hydrogen-bond donors (Lipinski definition) is 0. The lowest BCUT2D eigenvalue weighted by molar-refractivity contribution is -0.210. The smallest absolute Gasteiger partial charge is 0.163 e. The molecule has 0 fully saturated rings. The molecule has 2 heteroatoms. The predicted octanol–water partition coefficient (Wildman–Crippen LogP) is 2.35. The molecule has 0 aromatic heterocycles. The number of methoxy groups -OCH3 is 1. The van der Waals surface area contributed by atoms with Gasteiger partial charge in [0.2, 0.25) is 0 Å². The molecule has 2 nitrogen and oxygen atoms in total. The monoisotopic (exact) mass is 158 g/mol. The van der Waals surface area contributed by atoms with Crippen LogP contribution in [0.2, 0.25) is 0 Å². The first-order valence-electron chi connectivity index (χ1n) is 3.87. The summed E-state index contributed by atoms with van der Waals surface area (Å²) in [6.07, 6.45) is 4.06. The molecule has 0 rings (SSSR count). The van der Waals surface area contributed by atoms with Crippen LogP contribution in [-0.4, -0.2) is 19.0 Å². The Bertz CT molecular complexity index is 128. The maximum Gasteiger partial charge on any atom is 0.163 e. The zero-order valence-corrected chi connectivity index (χ0v) is 8.05. The first-order valence-corrected chi connectivity index (χ1v) is 3.87. The van der Waals surface area contributed by atoms with E-state index >= 15 is 0 Å². The van der Waals surface area contributed by atoms with Gasteiger partial charge in [-0.15, -0.1) is 0 Å². The van der Waals surface area contributed by atoms with E-state index in [1.54, 1.807) is 7.11 Å². The third-order valence-electron chi connectivity index (χ3n) is 1.42. The normalized spacial score (nSPS) is 15.7. The Morgan fingerprint density at radius 2 is 1.91 bits per heavy atom. The second kappa shape index (κ2) is 4.52. The van der Waals surface area contributed by atoms with Crippen LogP contribution in [0.4, 0.5) is 0 Å². The highest BCUT2D eigenvalue weighted by Crippen LogP contribution is 2.12. The highest BCUT2D eigenvalue weighted by Gasteiger charge is 2.18. The van der Waals surface area contributed by atoms with Crippen molar-refractivity contribution in [3.05, 3.63) is 12.2 Å². The van der Waals surface area contributed by atoms with E-state index in [9.17, 15) is 0 Å². The Labute approximate surface area is 69.2 Å². The molecule has 0 aliphatic heterocycles. The summed E-state index contributed by atoms with van der Waals surface area (Å²) in [6, 6.07) is 0. The van der Waals surface area contributed by atoms with Crippen molar-refractivity contribution < 1.29 is 9.47 Å². The van der Waals surface area contributed by atoms with E-state index < -0.39 is 5.79 Å². The zero-order chi connectivity index (χ0) is 8.91. The fourth-order valence-electron chi connectivity index (χ4n) is 0.806. The number of ether oxygens (including phenoxy) is 2. The molecule has 66 valence electrons. The summed E-state index contributed by atoms with van der Waals surface area (Å²) in [5.41, 5.74) is 0. The molecule has 0 aliphatic rings. The van der Waals surface area contributed by atoms with Gasteiger partial charge in [-0.1, -0.05) is 12.2 Å². The quantitative estimate of drug-likeness (QED) is 0.462. The fraction of sp³-hybridized carbons (Fsp3) is 0.778. The van der Waals surface area contributed by atoms with Crippen molar-refractivity contribution >= 4 is 0 Å². The molecule has 0 saturated heterocycles. The van der Waals surface area contributed by atoms with Gasteiger partial charge in [0.15, 0.2) is 5.79 Å². The maximum atomic E-state index is 5.52. The number of allylic oxidation sites excluding steroid dienone is 1. The van der Waals surface area contributed by atoms with Gasteiger partial charge in [0.1, 0.15) is 0 Å². The summed E-state index contributed by atoms with van der Waals surface area (Å²) in [5.74, 6) is -0.487. The predicted molar refractivity (Wildman–Crippen MR) is 46.4 cm³/mol. The summed E-state index contributed by atoms with van der Waals surface area (Å²) < 4.78 is 10.6. The molecule has 11 heavy (non-hydrogen) atoms. The molecule has 0 aromatic rings. The van der Waals surface area contributed by atoms with Gasteiger partial charge in [0.25, 0.3) is 0 Å². The third-order valence-corrected chi connectivity index (χ3v) is 1.42. The second-order valence-electron chi connectivity index (χ2n) is 2.95. The van der Waals surface area contributed by atoms with Crippen LogP contribution >= 0.6 is 0 Å². The van der Waals surface area contributed by atoms with Crippen molar-refractivity contribution in [3.8, 4) is 0 Å². The Kier molecular flexibility index (Phi) is 4.38. The number of hydrogen-bond acceptors (Lipinski definition) is 2. The van der Waals surface area contributed by atoms with Gasteiger partial charge < -0.3 is 9.47 Å². The molecule has 0 saturated carbocycles. The largest absolute Gasteiger partial charge is 0.354 e. The van der Waals surface area contributed by atoms with Gasteiger partial charge in [-0.3, -0.25) is 0 Å². The van der Waals surface area contributed by atoms with Crippen molar-refractivity contribution in [1.82, 2.24) is 0 Å². The number of rotatable bonds is 4. The van der Waals surface area contributed by atoms with Gasteiger partial charge >= 0.3 is 0 Å². The van der Waals surface area contributed by atoms with Crippen molar-refractivity contribution in [3.63, 3.8) is 0 Å². The van der Waals surface area contributed by atoms with Crippen LogP contribution in [0.25, 0.3) is 0 Å². The average Bonchev–Trinajstić information content (AvgIpc) is 1.87. The average molecular weight is 158 g/mol. The summed E-state index contributed by atoms with van der Waals surface area (Å²) >= 11 is 0. The Balaban J connectivity index is 3.82. The van der Waals surface area contributed by atoms with Gasteiger partial charge in [0, 0.05) is 7.11 Å². The van der Waals surface area contributed by atoms with Crippen LogP contribution in [0.3, 0.4) is 0 Å². The molecule has 0 aliphatic carbocycles. The van der Waals surface area contributed by atoms with Crippen molar-refractivity contribution in [2.45, 2.75) is 39.6 Å². The molecule has 1 atom stereocenters. The third kappa shape index (κ3) is 4.99. The molecular formula is C9H18O2. The minimum atomic E-state index is -0.487. The van der Waals surface area contributed by atoms with Crippen LogP contribution in [-0.2, 0) is 9.47 Å². The van der Waals surface area contributed by atoms with E-state index in [-0.39, 0.29) is 6.10 Å². The SMILES string of the molecule is C/C=C\[C@H](C)OC(C)(C)OC. The van der Waals surface area contributed by atoms with Gasteiger partial charge in [-0.25, -0.2) is 0 Å². The van der Waals surface area contributed by atoms with E-state index in [1.807, 2.05) is 39.8 Å². The summed E-state index contributed by atoms with van der Waals surface area (Å²) in [7, 11) is 1.64. The van der Waals surface area contributed by atoms with Crippen LogP contribution in [0, 0.1) is 0 Å². The summed E-state index contributed by atoms with van der Waals surface area (Å²) in [4.78, 5) is 0. The van der Waals surface area contributed by atoms with Crippen LogP contribution in [0.1, 0.15) is 27.7 Å². The molecular weight excluding hydrogens is 140 g/mol. The van der Waals surface area contributed by atoms with Crippen molar-refractivity contribution in [2.75, 3.05) is 7.11 Å². The highest BCUT2D eigenvalue weighted by atomic mass is 16.7. The standard InChI is InChI=1S/C9H18O2/c1-6-7-8(2)11-9(3,4)10-5/h6-8H,1-5H3/b7-6-/t8-/m0/s1. The van der Waals surface area contributed by atoms with E-state index in [2.05, 4.69) is 0 Å². The summed E-state index contributed by atoms with van der Waals surface area (Å²) in [5, 5.41) is 0. The molecule has 0 heterocycles. The topological polar surface area (TPSA) is 18.5 Å². The fourth-order valence-corrected chi connectivity index (χ4v) is 0.806. The molecule has 0 bridgehead atoms. The molecule has 0 aromatic carbocycles. The molecule has 0 amide bonds. The lowest BCUT2D eigenvalue weighted by Crippen LogP contribution is -2.30. The van der Waals surface area contributed by atoms with Crippen LogP contribution < -0.4 is 0 Å². The zero-order valence-electron chi connectivity index (χ0n) is 8.05. The first kappa shape index (κ1) is 10.7. The molecule has 0 unspecified atom stereocenters. The van der Waals surface area contributed by atoms with Gasteiger partial charge in [-0.2, -0.15) is 0 Å². The Morgan fingerprint density at radius 1 is 1.36 bits per heavy atom. The highest BCUT2D eigenvalue weighted by molar-refractivity contribution is 4.84. The van der Waals surface area contributed by atoms with Gasteiger partial charge in [-0.05, 0) is 27.7 Å². The summed E-state index contributed by atoms with van der Waals surface area (Å²) in [6.45, 7) is 7.75. The van der Waals surface area contributed by atoms with E-state index in [0.717, 1.165) is 0 Å². The lowest BCUT2D eigenvalue weighted by Gasteiger charge is -2.26. The molecule has 0 radical (unpaired) electrons. The minimum absolute atomic E-state index is 0.106. The van der Waals surface area contributed by atoms with Crippen molar-refractivity contribution in [1.29, 1.82) is 0 Å². The lowest BCUT2D eigenvalue weighted by atomic mass is 10.3. The minimum Gasteiger partial charge on any atom is -0.354 e. The second-order valence-corrected chi connectivity index (χ2v) is 2.95. The van der Waals surface area contributed by atoms with Crippen LogP contribution in [0.5, 0.6) is 0 Å². The Morgan fingerprint density at radius 3 is 2.27 bits per heavy atom. The molecule has 0 N–H and O–H groups in total. The van der Waals surface area contributed by atoms with E-state index in [4.69, 9.17) is 9.47 Å². The molecule has 0 spiro atoms. The maximum absolute atomic E-state index is 5.52. The van der Waals surface area contributed by atoms with E-state index in [0.29, 0.717) is 0 Å². The first-order chi connectivity index (χ1) is 5.02. The van der Waals surface area contributed by atoms with Gasteiger partial charge in [0.05, 0.1) is 6.10 Å². The van der Waals surface area contributed by atoms with Crippen molar-refractivity contribution in [2.24, 2.45) is 0 Å². The van der Waals surface area contributed by atoms with Crippen LogP contribution in [0.15, 0.2) is 12.2 Å². The Hall–Kier alpha value is -0.340. The van der Waals surface area contributed by atoms with E-state index in [1.165, 1.54) is 0 Å².